The van der Waals surface area contributed by atoms with Crippen LogP contribution in [0.15, 0.2) is 6.20 Å². The first-order valence-electron chi connectivity index (χ1n) is 6.27. The molecule has 1 saturated carbocycles. The van der Waals surface area contributed by atoms with E-state index in [0.717, 1.165) is 17.1 Å². The summed E-state index contributed by atoms with van der Waals surface area (Å²) in [7, 11) is 0. The van der Waals surface area contributed by atoms with Crippen LogP contribution >= 0.6 is 0 Å². The first kappa shape index (κ1) is 11.5. The molecule has 0 bridgehead atoms. The Balaban J connectivity index is 2.19. The molecular weight excluding hydrogens is 198 g/mol. The molecule has 1 atom stereocenters. The Morgan fingerprint density at radius 1 is 1.31 bits per heavy atom. The van der Waals surface area contributed by atoms with Crippen molar-refractivity contribution >= 4 is 0 Å². The van der Waals surface area contributed by atoms with Crippen molar-refractivity contribution < 1.29 is 0 Å². The highest BCUT2D eigenvalue weighted by molar-refractivity contribution is 5.20. The van der Waals surface area contributed by atoms with Gasteiger partial charge in [0, 0.05) is 29.4 Å². The van der Waals surface area contributed by atoms with Crippen LogP contribution in [0.1, 0.15) is 68.1 Å². The normalized spacial score (nSPS) is 19.7. The first-order chi connectivity index (χ1) is 7.68. The van der Waals surface area contributed by atoms with E-state index in [4.69, 9.17) is 5.73 Å². The minimum Gasteiger partial charge on any atom is -0.324 e. The van der Waals surface area contributed by atoms with Crippen molar-refractivity contribution in [1.82, 2.24) is 9.97 Å². The van der Waals surface area contributed by atoms with Crippen LogP contribution in [0, 0.1) is 6.92 Å². The van der Waals surface area contributed by atoms with Gasteiger partial charge in [-0.2, -0.15) is 0 Å². The van der Waals surface area contributed by atoms with Crippen molar-refractivity contribution in [3.8, 4) is 0 Å². The molecule has 1 fully saturated rings. The molecule has 3 nitrogen and oxygen atoms in total. The second-order valence-corrected chi connectivity index (χ2v) is 4.89. The third kappa shape index (κ3) is 2.40. The largest absolute Gasteiger partial charge is 0.324 e. The van der Waals surface area contributed by atoms with Crippen molar-refractivity contribution in [2.24, 2.45) is 5.73 Å². The highest BCUT2D eigenvalue weighted by Gasteiger charge is 2.19. The SMILES string of the molecule is Cc1nc(C2CCCCC2)ncc1[C@@H](C)N. The lowest BCUT2D eigenvalue weighted by atomic mass is 9.88. The van der Waals surface area contributed by atoms with E-state index >= 15 is 0 Å². The van der Waals surface area contributed by atoms with Gasteiger partial charge in [0.05, 0.1) is 0 Å². The summed E-state index contributed by atoms with van der Waals surface area (Å²) in [6.45, 7) is 4.01. The highest BCUT2D eigenvalue weighted by Crippen LogP contribution is 2.30. The lowest BCUT2D eigenvalue weighted by Crippen LogP contribution is -2.13. The van der Waals surface area contributed by atoms with Crippen molar-refractivity contribution in [2.45, 2.75) is 57.9 Å². The maximum Gasteiger partial charge on any atom is 0.131 e. The zero-order valence-corrected chi connectivity index (χ0v) is 10.2. The molecule has 1 aliphatic rings. The summed E-state index contributed by atoms with van der Waals surface area (Å²) >= 11 is 0. The lowest BCUT2D eigenvalue weighted by molar-refractivity contribution is 0.427. The van der Waals surface area contributed by atoms with E-state index in [9.17, 15) is 0 Å². The number of aryl methyl sites for hydroxylation is 1. The number of rotatable bonds is 2. The van der Waals surface area contributed by atoms with Crippen LogP contribution < -0.4 is 5.73 Å². The summed E-state index contributed by atoms with van der Waals surface area (Å²) < 4.78 is 0. The van der Waals surface area contributed by atoms with E-state index in [1.807, 2.05) is 20.0 Å². The van der Waals surface area contributed by atoms with E-state index < -0.39 is 0 Å². The van der Waals surface area contributed by atoms with E-state index in [-0.39, 0.29) is 6.04 Å². The molecule has 0 saturated heterocycles. The van der Waals surface area contributed by atoms with Gasteiger partial charge in [-0.25, -0.2) is 9.97 Å². The fourth-order valence-electron chi connectivity index (χ4n) is 2.50. The van der Waals surface area contributed by atoms with Crippen LogP contribution in [0.2, 0.25) is 0 Å². The molecule has 0 radical (unpaired) electrons. The van der Waals surface area contributed by atoms with Gasteiger partial charge in [-0.15, -0.1) is 0 Å². The molecule has 0 amide bonds. The Hall–Kier alpha value is -0.960. The Bertz CT molecular complexity index is 354. The van der Waals surface area contributed by atoms with E-state index in [1.165, 1.54) is 32.1 Å². The predicted molar refractivity (Wildman–Crippen MR) is 65.2 cm³/mol. The molecule has 1 aromatic heterocycles. The maximum absolute atomic E-state index is 5.86. The standard InChI is InChI=1S/C13H21N3/c1-9(14)12-8-15-13(16-10(12)2)11-6-4-3-5-7-11/h8-9,11H,3-7,14H2,1-2H3/t9-/m1/s1. The van der Waals surface area contributed by atoms with Gasteiger partial charge in [-0.05, 0) is 26.7 Å². The number of nitrogens with zero attached hydrogens (tertiary/aromatic N) is 2. The predicted octanol–water partition coefficient (Wildman–Crippen LogP) is 2.85. The monoisotopic (exact) mass is 219 g/mol. The summed E-state index contributed by atoms with van der Waals surface area (Å²) in [5.41, 5.74) is 7.98. The van der Waals surface area contributed by atoms with Gasteiger partial charge in [0.2, 0.25) is 0 Å². The molecule has 2 rings (SSSR count). The molecule has 1 aliphatic carbocycles. The van der Waals surface area contributed by atoms with Crippen LogP contribution in [0.4, 0.5) is 0 Å². The van der Waals surface area contributed by atoms with Crippen molar-refractivity contribution in [3.05, 3.63) is 23.3 Å². The molecule has 0 aliphatic heterocycles. The average molecular weight is 219 g/mol. The molecule has 1 heterocycles. The third-order valence-corrected chi connectivity index (χ3v) is 3.50. The lowest BCUT2D eigenvalue weighted by Gasteiger charge is -2.21. The van der Waals surface area contributed by atoms with Crippen molar-refractivity contribution in [3.63, 3.8) is 0 Å². The van der Waals surface area contributed by atoms with Gasteiger partial charge in [0.25, 0.3) is 0 Å². The Morgan fingerprint density at radius 3 is 2.56 bits per heavy atom. The summed E-state index contributed by atoms with van der Waals surface area (Å²) in [6.07, 6.45) is 8.42. The molecule has 0 spiro atoms. The van der Waals surface area contributed by atoms with E-state index in [1.54, 1.807) is 0 Å². The van der Waals surface area contributed by atoms with Gasteiger partial charge < -0.3 is 5.73 Å². The second-order valence-electron chi connectivity index (χ2n) is 4.89. The first-order valence-corrected chi connectivity index (χ1v) is 6.27. The number of hydrogen-bond acceptors (Lipinski definition) is 3. The van der Waals surface area contributed by atoms with Crippen LogP contribution in [0.5, 0.6) is 0 Å². The van der Waals surface area contributed by atoms with Gasteiger partial charge >= 0.3 is 0 Å². The zero-order valence-electron chi connectivity index (χ0n) is 10.2. The third-order valence-electron chi connectivity index (χ3n) is 3.50. The number of nitrogens with two attached hydrogens (primary N) is 1. The Morgan fingerprint density at radius 2 is 2.00 bits per heavy atom. The molecule has 0 aromatic carbocycles. The van der Waals surface area contributed by atoms with E-state index in [0.29, 0.717) is 5.92 Å². The summed E-state index contributed by atoms with van der Waals surface area (Å²) in [5, 5.41) is 0. The minimum atomic E-state index is 0.0282. The Kier molecular flexibility index (Phi) is 3.54. The minimum absolute atomic E-state index is 0.0282. The number of aromatic nitrogens is 2. The van der Waals surface area contributed by atoms with Crippen molar-refractivity contribution in [1.29, 1.82) is 0 Å². The topological polar surface area (TPSA) is 51.8 Å². The number of hydrogen-bond donors (Lipinski definition) is 1. The average Bonchev–Trinajstić information content (AvgIpc) is 2.29. The summed E-state index contributed by atoms with van der Waals surface area (Å²) in [5.74, 6) is 1.61. The summed E-state index contributed by atoms with van der Waals surface area (Å²) in [6, 6.07) is 0.0282. The fraction of sp³-hybridized carbons (Fsp3) is 0.692. The van der Waals surface area contributed by atoms with Crippen LogP contribution in [0.25, 0.3) is 0 Å². The van der Waals surface area contributed by atoms with Gasteiger partial charge in [0.1, 0.15) is 5.82 Å². The maximum atomic E-state index is 5.86. The smallest absolute Gasteiger partial charge is 0.131 e. The molecule has 1 aromatic rings. The molecule has 0 unspecified atom stereocenters. The van der Waals surface area contributed by atoms with Gasteiger partial charge in [-0.3, -0.25) is 0 Å². The van der Waals surface area contributed by atoms with Gasteiger partial charge in [-0.1, -0.05) is 19.3 Å². The van der Waals surface area contributed by atoms with Crippen molar-refractivity contribution in [2.75, 3.05) is 0 Å². The molecule has 88 valence electrons. The molecule has 16 heavy (non-hydrogen) atoms. The molecule has 2 N–H and O–H groups in total. The van der Waals surface area contributed by atoms with Gasteiger partial charge in [0.15, 0.2) is 0 Å². The second kappa shape index (κ2) is 4.91. The van der Waals surface area contributed by atoms with E-state index in [2.05, 4.69) is 9.97 Å². The van der Waals surface area contributed by atoms with Crippen LogP contribution in [-0.2, 0) is 0 Å². The van der Waals surface area contributed by atoms with Crippen LogP contribution in [0.3, 0.4) is 0 Å². The molecular formula is C13H21N3. The fourth-order valence-corrected chi connectivity index (χ4v) is 2.50. The molecule has 3 heteroatoms. The zero-order chi connectivity index (χ0) is 11.5. The van der Waals surface area contributed by atoms with Crippen LogP contribution in [-0.4, -0.2) is 9.97 Å². The highest BCUT2D eigenvalue weighted by atomic mass is 14.9. The Labute approximate surface area is 97.5 Å². The quantitative estimate of drug-likeness (QED) is 0.832. The summed E-state index contributed by atoms with van der Waals surface area (Å²) in [4.78, 5) is 9.12.